The summed E-state index contributed by atoms with van der Waals surface area (Å²) in [6.07, 6.45) is 1.23. The molecule has 2 aromatic rings. The van der Waals surface area contributed by atoms with Crippen molar-refractivity contribution < 1.29 is 13.6 Å². The Morgan fingerprint density at radius 3 is 2.76 bits per heavy atom. The minimum atomic E-state index is -3.75. The van der Waals surface area contributed by atoms with E-state index in [0.29, 0.717) is 21.4 Å². The van der Waals surface area contributed by atoms with E-state index in [1.54, 1.807) is 6.92 Å². The van der Waals surface area contributed by atoms with Gasteiger partial charge in [0.2, 0.25) is 0 Å². The first-order valence-electron chi connectivity index (χ1n) is 5.65. The minimum Gasteiger partial charge on any atom is -0.409 e. The van der Waals surface area contributed by atoms with Crippen LogP contribution in [0.25, 0.3) is 0 Å². The fraction of sp³-hybridized carbons (Fsp3) is 0.0909. The van der Waals surface area contributed by atoms with Crippen LogP contribution in [0.5, 0.6) is 0 Å². The molecule has 0 atom stereocenters. The molecule has 0 aliphatic heterocycles. The van der Waals surface area contributed by atoms with Crippen LogP contribution in [0.3, 0.4) is 0 Å². The molecular formula is C11H12BrN5O3S. The molecule has 2 rings (SSSR count). The fourth-order valence-electron chi connectivity index (χ4n) is 1.63. The summed E-state index contributed by atoms with van der Waals surface area (Å²) in [5, 5.41) is 17.7. The molecule has 0 saturated carbocycles. The maximum Gasteiger partial charge on any atom is 0.265 e. The highest BCUT2D eigenvalue weighted by atomic mass is 79.9. The lowest BCUT2D eigenvalue weighted by Gasteiger charge is -2.10. The molecule has 0 radical (unpaired) electrons. The molecule has 0 unspecified atom stereocenters. The monoisotopic (exact) mass is 373 g/mol. The van der Waals surface area contributed by atoms with Gasteiger partial charge < -0.3 is 10.9 Å². The van der Waals surface area contributed by atoms with Gasteiger partial charge in [0.15, 0.2) is 5.84 Å². The predicted molar refractivity (Wildman–Crippen MR) is 80.8 cm³/mol. The van der Waals surface area contributed by atoms with Crippen molar-refractivity contribution in [1.29, 1.82) is 0 Å². The molecule has 1 aromatic heterocycles. The number of amidine groups is 1. The molecule has 0 aliphatic rings. The number of sulfonamides is 1. The summed E-state index contributed by atoms with van der Waals surface area (Å²) < 4.78 is 27.4. The zero-order valence-electron chi connectivity index (χ0n) is 10.8. The van der Waals surface area contributed by atoms with Crippen molar-refractivity contribution in [3.05, 3.63) is 40.1 Å². The Labute approximate surface area is 129 Å². The average molecular weight is 374 g/mol. The Morgan fingerprint density at radius 2 is 2.24 bits per heavy atom. The summed E-state index contributed by atoms with van der Waals surface area (Å²) in [5.74, 6) is -0.0733. The number of H-pyrrole nitrogens is 1. The number of aromatic nitrogens is 2. The van der Waals surface area contributed by atoms with Crippen molar-refractivity contribution >= 4 is 37.5 Å². The van der Waals surface area contributed by atoms with Gasteiger partial charge in [0.05, 0.1) is 17.6 Å². The van der Waals surface area contributed by atoms with Gasteiger partial charge >= 0.3 is 0 Å². The number of anilines is 1. The van der Waals surface area contributed by atoms with E-state index < -0.39 is 10.0 Å². The summed E-state index contributed by atoms with van der Waals surface area (Å²) in [4.78, 5) is 0.0647. The Morgan fingerprint density at radius 1 is 1.52 bits per heavy atom. The topological polar surface area (TPSA) is 133 Å². The lowest BCUT2D eigenvalue weighted by atomic mass is 10.2. The maximum atomic E-state index is 12.2. The Balaban J connectivity index is 2.35. The number of nitrogens with two attached hydrogens (primary N) is 1. The van der Waals surface area contributed by atoms with Crippen LogP contribution in [0.2, 0.25) is 0 Å². The SMILES string of the molecule is Cc1[nH]ncc1S(=O)(=O)Nc1ccc(/C(N)=N/O)cc1Br. The van der Waals surface area contributed by atoms with Crippen molar-refractivity contribution in [1.82, 2.24) is 10.2 Å². The van der Waals surface area contributed by atoms with E-state index in [1.165, 1.54) is 24.4 Å². The highest BCUT2D eigenvalue weighted by Crippen LogP contribution is 2.26. The zero-order chi connectivity index (χ0) is 15.6. The van der Waals surface area contributed by atoms with Gasteiger partial charge in [-0.1, -0.05) is 5.16 Å². The van der Waals surface area contributed by atoms with Gasteiger partial charge in [-0.2, -0.15) is 5.10 Å². The predicted octanol–water partition coefficient (Wildman–Crippen LogP) is 1.38. The molecule has 0 fully saturated rings. The summed E-state index contributed by atoms with van der Waals surface area (Å²) in [5.41, 5.74) is 6.68. The van der Waals surface area contributed by atoms with E-state index in [9.17, 15) is 8.42 Å². The molecule has 5 N–H and O–H groups in total. The van der Waals surface area contributed by atoms with Gasteiger partial charge in [-0.25, -0.2) is 8.42 Å². The van der Waals surface area contributed by atoms with Crippen molar-refractivity contribution in [2.45, 2.75) is 11.8 Å². The lowest BCUT2D eigenvalue weighted by Crippen LogP contribution is -2.15. The molecule has 0 saturated heterocycles. The van der Waals surface area contributed by atoms with Gasteiger partial charge in [-0.05, 0) is 41.1 Å². The highest BCUT2D eigenvalue weighted by molar-refractivity contribution is 9.10. The van der Waals surface area contributed by atoms with Gasteiger partial charge in [0, 0.05) is 10.0 Å². The number of aromatic amines is 1. The van der Waals surface area contributed by atoms with Crippen LogP contribution in [0.1, 0.15) is 11.3 Å². The summed E-state index contributed by atoms with van der Waals surface area (Å²) in [6, 6.07) is 4.57. The molecule has 1 aromatic carbocycles. The number of rotatable bonds is 4. The number of halogens is 1. The first-order valence-corrected chi connectivity index (χ1v) is 7.93. The van der Waals surface area contributed by atoms with Crippen molar-refractivity contribution in [2.24, 2.45) is 10.9 Å². The Hall–Kier alpha value is -2.07. The molecule has 1 heterocycles. The second kappa shape index (κ2) is 5.74. The molecule has 21 heavy (non-hydrogen) atoms. The van der Waals surface area contributed by atoms with Gasteiger partial charge in [0.1, 0.15) is 4.90 Å². The quantitative estimate of drug-likeness (QED) is 0.278. The van der Waals surface area contributed by atoms with E-state index in [1.807, 2.05) is 0 Å². The number of nitrogens with one attached hydrogen (secondary N) is 2. The third-order valence-electron chi connectivity index (χ3n) is 2.69. The average Bonchev–Trinajstić information content (AvgIpc) is 2.87. The number of oxime groups is 1. The second-order valence-electron chi connectivity index (χ2n) is 4.14. The molecular weight excluding hydrogens is 362 g/mol. The molecule has 0 spiro atoms. The smallest absolute Gasteiger partial charge is 0.265 e. The van der Waals surface area contributed by atoms with Crippen molar-refractivity contribution in [3.8, 4) is 0 Å². The number of benzene rings is 1. The fourth-order valence-corrected chi connectivity index (χ4v) is 3.45. The standard InChI is InChI=1S/C11H12BrN5O3S/c1-6-10(5-14-15-6)21(19,20)17-9-3-2-7(4-8(9)12)11(13)16-18/h2-5,17-18H,1H3,(H2,13,16)(H,14,15). The van der Waals surface area contributed by atoms with Crippen molar-refractivity contribution in [2.75, 3.05) is 4.72 Å². The number of hydrogen-bond donors (Lipinski definition) is 4. The van der Waals surface area contributed by atoms with Gasteiger partial charge in [0.25, 0.3) is 10.0 Å². The third-order valence-corrected chi connectivity index (χ3v) is 4.83. The second-order valence-corrected chi connectivity index (χ2v) is 6.65. The molecule has 0 bridgehead atoms. The molecule has 8 nitrogen and oxygen atoms in total. The molecule has 0 aliphatic carbocycles. The highest BCUT2D eigenvalue weighted by Gasteiger charge is 2.19. The van der Waals surface area contributed by atoms with Crippen LogP contribution in [0.4, 0.5) is 5.69 Å². The van der Waals surface area contributed by atoms with Gasteiger partial charge in [-0.15, -0.1) is 0 Å². The van der Waals surface area contributed by atoms with Gasteiger partial charge in [-0.3, -0.25) is 9.82 Å². The normalized spacial score (nSPS) is 12.4. The first kappa shape index (κ1) is 15.3. The van der Waals surface area contributed by atoms with Crippen LogP contribution >= 0.6 is 15.9 Å². The summed E-state index contributed by atoms with van der Waals surface area (Å²) in [6.45, 7) is 1.61. The van der Waals surface area contributed by atoms with E-state index in [-0.39, 0.29) is 10.7 Å². The Bertz CT molecular complexity index is 800. The summed E-state index contributed by atoms with van der Waals surface area (Å²) >= 11 is 3.24. The lowest BCUT2D eigenvalue weighted by molar-refractivity contribution is 0.318. The van der Waals surface area contributed by atoms with Crippen LogP contribution < -0.4 is 10.5 Å². The molecule has 112 valence electrons. The first-order chi connectivity index (χ1) is 9.85. The number of aryl methyl sites for hydroxylation is 1. The van der Waals surface area contributed by atoms with Crippen LogP contribution in [-0.2, 0) is 10.0 Å². The Kier molecular flexibility index (Phi) is 4.19. The molecule has 0 amide bonds. The largest absolute Gasteiger partial charge is 0.409 e. The van der Waals surface area contributed by atoms with Crippen LogP contribution in [0, 0.1) is 6.92 Å². The van der Waals surface area contributed by atoms with E-state index in [0.717, 1.165) is 0 Å². The van der Waals surface area contributed by atoms with Crippen molar-refractivity contribution in [3.63, 3.8) is 0 Å². The van der Waals surface area contributed by atoms with Crippen LogP contribution in [-0.4, -0.2) is 29.7 Å². The minimum absolute atomic E-state index is 0.0647. The molecule has 10 heteroatoms. The van der Waals surface area contributed by atoms with Crippen LogP contribution in [0.15, 0.2) is 38.9 Å². The van der Waals surface area contributed by atoms with E-state index in [2.05, 4.69) is 36.0 Å². The maximum absolute atomic E-state index is 12.2. The van der Waals surface area contributed by atoms with E-state index in [4.69, 9.17) is 10.9 Å². The third kappa shape index (κ3) is 3.16. The van der Waals surface area contributed by atoms with E-state index >= 15 is 0 Å². The summed E-state index contributed by atoms with van der Waals surface area (Å²) in [7, 11) is -3.75. The zero-order valence-corrected chi connectivity index (χ0v) is 13.2. The number of hydrogen-bond acceptors (Lipinski definition) is 5. The number of nitrogens with zero attached hydrogens (tertiary/aromatic N) is 2.